The minimum Gasteiger partial charge on any atom is -0.457 e. The van der Waals surface area contributed by atoms with E-state index in [2.05, 4.69) is 4.98 Å². The highest BCUT2D eigenvalue weighted by atomic mass is 16.5. The number of hydrogen-bond acceptors (Lipinski definition) is 4. The number of hydrogen-bond donors (Lipinski definition) is 0. The van der Waals surface area contributed by atoms with Gasteiger partial charge in [0, 0.05) is 45.9 Å². The van der Waals surface area contributed by atoms with Crippen molar-refractivity contribution in [3.8, 4) is 39.6 Å². The number of nitrogens with zero attached hydrogens (tertiary/aromatic N) is 4. The first kappa shape index (κ1) is 26.2. The molecule has 0 N–H and O–H groups in total. The van der Waals surface area contributed by atoms with Crippen molar-refractivity contribution in [2.45, 2.75) is 52.4 Å². The molecule has 1 aliphatic rings. The highest BCUT2D eigenvalue weighted by molar-refractivity contribution is 6.09. The maximum Gasteiger partial charge on any atom is 0.137 e. The summed E-state index contributed by atoms with van der Waals surface area (Å²) in [4.78, 5) is 8.43. The number of pyridine rings is 1. The Bertz CT molecular complexity index is 3690. The molecule has 0 amide bonds. The van der Waals surface area contributed by atoms with Gasteiger partial charge >= 0.3 is 0 Å². The zero-order valence-electron chi connectivity index (χ0n) is 47.7. The van der Waals surface area contributed by atoms with Gasteiger partial charge in [0.05, 0.1) is 45.9 Å². The summed E-state index contributed by atoms with van der Waals surface area (Å²) < 4.78 is 124. The normalized spacial score (nSPS) is 15.9. The fraction of sp³-hybridized carbons (Fsp3) is 0.161. The smallest absolute Gasteiger partial charge is 0.137 e. The number of rotatable bonds is 7. The second kappa shape index (κ2) is 14.9. The lowest BCUT2D eigenvalue weighted by Crippen LogP contribution is -2.25. The Balaban J connectivity index is 1.13. The number of benzene rings is 7. The van der Waals surface area contributed by atoms with Crippen LogP contribution in [0, 0.1) is 0 Å². The summed E-state index contributed by atoms with van der Waals surface area (Å²) in [5, 5.41) is 1.78. The van der Waals surface area contributed by atoms with Gasteiger partial charge in [-0.25, -0.2) is 4.98 Å². The number of aromatic nitrogens is 2. The summed E-state index contributed by atoms with van der Waals surface area (Å²) in [5.41, 5.74) is 3.81. The molecule has 0 spiro atoms. The lowest BCUT2D eigenvalue weighted by Gasteiger charge is -2.30. The van der Waals surface area contributed by atoms with Crippen molar-refractivity contribution >= 4 is 44.6 Å². The third-order valence-corrected chi connectivity index (χ3v) is 11.1. The number of para-hydroxylation sites is 3. The Labute approximate surface area is 377 Å². The Hall–Kier alpha value is -7.11. The molecule has 9 aromatic rings. The maximum atomic E-state index is 9.35. The van der Waals surface area contributed by atoms with Crippen molar-refractivity contribution in [1.29, 1.82) is 0 Å². The first-order chi connectivity index (χ1) is 34.9. The van der Waals surface area contributed by atoms with Gasteiger partial charge in [-0.3, -0.25) is 4.57 Å². The van der Waals surface area contributed by atoms with E-state index in [0.29, 0.717) is 39.5 Å². The summed E-state index contributed by atoms with van der Waals surface area (Å²) in [6.07, 6.45) is -0.226. The van der Waals surface area contributed by atoms with Crippen LogP contribution in [0.15, 0.2) is 182 Å². The van der Waals surface area contributed by atoms with Gasteiger partial charge in [0.15, 0.2) is 0 Å². The standard InChI is InChI=1S/C56H50N4O/c1-55(2,3)40-30-31-57-53(34-40)60-49-25-14-13-24-45(49)46-29-28-44(36-52(46)60)61-43-23-17-22-42(35-43)58-37-59(51-27-16-15-26-50(51)58)54-47(38-18-9-7-10-19-38)32-41(56(4,5)6)33-48(54)39-20-11-8-12-21-39/h7-36H,37H2,1-6H3/i7D,8D,9D,10D,11D,12D,18D,19D,20D,21D,30D,31D,34D. The van der Waals surface area contributed by atoms with Gasteiger partial charge in [0.1, 0.15) is 24.0 Å². The van der Waals surface area contributed by atoms with Gasteiger partial charge < -0.3 is 14.5 Å². The van der Waals surface area contributed by atoms with E-state index in [1.165, 1.54) is 0 Å². The molecule has 0 saturated heterocycles. The van der Waals surface area contributed by atoms with Gasteiger partial charge in [-0.2, -0.15) is 0 Å². The van der Waals surface area contributed by atoms with E-state index in [1.54, 1.807) is 12.1 Å². The molecule has 0 unspecified atom stereocenters. The van der Waals surface area contributed by atoms with E-state index < -0.39 is 71.3 Å². The molecule has 0 bridgehead atoms. The van der Waals surface area contributed by atoms with E-state index in [1.807, 2.05) is 147 Å². The second-order valence-corrected chi connectivity index (χ2v) is 17.2. The molecule has 0 aliphatic carbocycles. The van der Waals surface area contributed by atoms with Crippen molar-refractivity contribution in [2.24, 2.45) is 0 Å². The molecule has 0 saturated carbocycles. The van der Waals surface area contributed by atoms with Crippen LogP contribution in [0.2, 0.25) is 0 Å². The second-order valence-electron chi connectivity index (χ2n) is 17.2. The van der Waals surface area contributed by atoms with E-state index in [4.69, 9.17) is 15.7 Å². The Kier molecular flexibility index (Phi) is 6.38. The predicted octanol–water partition coefficient (Wildman–Crippen LogP) is 15.1. The van der Waals surface area contributed by atoms with Crippen molar-refractivity contribution in [1.82, 2.24) is 9.55 Å². The minimum absolute atomic E-state index is 0.0612. The van der Waals surface area contributed by atoms with Gasteiger partial charge in [-0.15, -0.1) is 0 Å². The fourth-order valence-electron chi connectivity index (χ4n) is 8.02. The highest BCUT2D eigenvalue weighted by Crippen LogP contribution is 2.51. The molecule has 3 heterocycles. The first-order valence-corrected chi connectivity index (χ1v) is 20.2. The zero-order valence-corrected chi connectivity index (χ0v) is 34.7. The molecule has 0 fully saturated rings. The lowest BCUT2D eigenvalue weighted by molar-refractivity contribution is 0.483. The quantitative estimate of drug-likeness (QED) is 0.161. The summed E-state index contributed by atoms with van der Waals surface area (Å²) in [7, 11) is 0. The number of anilines is 4. The largest absolute Gasteiger partial charge is 0.457 e. The Morgan fingerprint density at radius 2 is 1.16 bits per heavy atom. The third kappa shape index (κ3) is 7.00. The van der Waals surface area contributed by atoms with E-state index in [9.17, 15) is 6.85 Å². The van der Waals surface area contributed by atoms with E-state index in [0.717, 1.165) is 22.0 Å². The van der Waals surface area contributed by atoms with E-state index in [-0.39, 0.29) is 58.7 Å². The molecule has 7 aromatic carbocycles. The average Bonchev–Trinajstić information content (AvgIpc) is 3.90. The van der Waals surface area contributed by atoms with Crippen LogP contribution in [0.1, 0.15) is 70.5 Å². The van der Waals surface area contributed by atoms with Crippen molar-refractivity contribution in [3.63, 3.8) is 0 Å². The van der Waals surface area contributed by atoms with Gasteiger partial charge in [-0.1, -0.05) is 138 Å². The molecule has 5 heteroatoms. The molecular formula is C56H50N4O. The molecular weight excluding hydrogens is 745 g/mol. The van der Waals surface area contributed by atoms with Crippen molar-refractivity contribution in [2.75, 3.05) is 16.5 Å². The molecule has 300 valence electrons. The average molecular weight is 808 g/mol. The SMILES string of the molecule is [2H]c1nc(-n2c3ccccc3c3ccc(Oc4cccc(N5CN(c6c(-c7c([2H])c([2H])c([2H])c([2H])c7[2H])cc(C(C)(C)C)cc6-c6c([2H])c([2H])c([2H])c([2H])c6[2H])c6ccccc65)c4)cc32)c([2H])c(C(C)(C)C)c1[2H]. The summed E-state index contributed by atoms with van der Waals surface area (Å²) in [6.45, 7) is 11.6. The predicted molar refractivity (Wildman–Crippen MR) is 255 cm³/mol. The van der Waals surface area contributed by atoms with Crippen LogP contribution in [0.3, 0.4) is 0 Å². The molecule has 5 nitrogen and oxygen atoms in total. The maximum absolute atomic E-state index is 9.35. The Morgan fingerprint density at radius 3 is 1.84 bits per heavy atom. The first-order valence-electron chi connectivity index (χ1n) is 26.7. The molecule has 2 aromatic heterocycles. The summed E-state index contributed by atoms with van der Waals surface area (Å²) >= 11 is 0. The van der Waals surface area contributed by atoms with Crippen LogP contribution in [0.5, 0.6) is 11.5 Å². The van der Waals surface area contributed by atoms with Crippen molar-refractivity contribution < 1.29 is 22.6 Å². The van der Waals surface area contributed by atoms with Crippen LogP contribution in [-0.2, 0) is 10.8 Å². The van der Waals surface area contributed by atoms with Gasteiger partial charge in [0.2, 0.25) is 0 Å². The van der Waals surface area contributed by atoms with Gasteiger partial charge in [0.25, 0.3) is 0 Å². The van der Waals surface area contributed by atoms with Crippen LogP contribution >= 0.6 is 0 Å². The van der Waals surface area contributed by atoms with Crippen LogP contribution in [0.4, 0.5) is 22.7 Å². The summed E-state index contributed by atoms with van der Waals surface area (Å²) in [6, 6.07) is 26.8. The van der Waals surface area contributed by atoms with Crippen molar-refractivity contribution in [3.05, 3.63) is 193 Å². The Morgan fingerprint density at radius 1 is 0.557 bits per heavy atom. The number of fused-ring (bicyclic) bond motifs is 4. The molecule has 1 aliphatic heterocycles. The third-order valence-electron chi connectivity index (χ3n) is 11.1. The summed E-state index contributed by atoms with van der Waals surface area (Å²) in [5.74, 6) is 1.17. The fourth-order valence-corrected chi connectivity index (χ4v) is 8.02. The molecule has 61 heavy (non-hydrogen) atoms. The van der Waals surface area contributed by atoms with Crippen LogP contribution in [0.25, 0.3) is 49.9 Å². The highest BCUT2D eigenvalue weighted by Gasteiger charge is 2.32. The lowest BCUT2D eigenvalue weighted by atomic mass is 9.82. The molecule has 0 radical (unpaired) electrons. The molecule has 10 rings (SSSR count). The van der Waals surface area contributed by atoms with Crippen LogP contribution < -0.4 is 14.5 Å². The number of ether oxygens (including phenoxy) is 1. The van der Waals surface area contributed by atoms with Crippen LogP contribution in [-0.4, -0.2) is 16.2 Å². The van der Waals surface area contributed by atoms with E-state index >= 15 is 0 Å². The molecule has 0 atom stereocenters. The zero-order chi connectivity index (χ0) is 53.2. The minimum atomic E-state index is -0.629. The topological polar surface area (TPSA) is 33.5 Å². The monoisotopic (exact) mass is 807 g/mol. The van der Waals surface area contributed by atoms with Gasteiger partial charge in [-0.05, 0) is 99.8 Å².